The SMILES string of the molecule is Cn1ncc(C(=O)NC2(CN)C3CC4CCCC2C(C4)C3)c1OCC1CCCCC1. The van der Waals surface area contributed by atoms with E-state index in [0.29, 0.717) is 42.3 Å². The average Bonchev–Trinajstić information content (AvgIpc) is 3.17. The lowest BCUT2D eigenvalue weighted by molar-refractivity contribution is 0.0795. The molecule has 5 unspecified atom stereocenters. The summed E-state index contributed by atoms with van der Waals surface area (Å²) in [5.41, 5.74) is 6.73. The van der Waals surface area contributed by atoms with Gasteiger partial charge >= 0.3 is 0 Å². The van der Waals surface area contributed by atoms with Gasteiger partial charge in [0.15, 0.2) is 0 Å². The van der Waals surface area contributed by atoms with Crippen LogP contribution in [0.2, 0.25) is 0 Å². The van der Waals surface area contributed by atoms with Gasteiger partial charge in [0.05, 0.1) is 18.3 Å². The average molecular weight is 415 g/mol. The van der Waals surface area contributed by atoms with E-state index in [2.05, 4.69) is 10.4 Å². The van der Waals surface area contributed by atoms with Crippen molar-refractivity contribution < 1.29 is 9.53 Å². The minimum atomic E-state index is -0.257. The summed E-state index contributed by atoms with van der Waals surface area (Å²) in [6.07, 6.45) is 15.7. The van der Waals surface area contributed by atoms with E-state index in [1.54, 1.807) is 10.9 Å². The Balaban J connectivity index is 1.34. The molecule has 4 saturated carbocycles. The van der Waals surface area contributed by atoms with E-state index in [4.69, 9.17) is 10.5 Å². The molecule has 1 aromatic rings. The predicted octanol–water partition coefficient (Wildman–Crippen LogP) is 3.65. The Labute approximate surface area is 180 Å². The van der Waals surface area contributed by atoms with Crippen LogP contribution in [0.1, 0.15) is 81.0 Å². The topological polar surface area (TPSA) is 82.2 Å². The molecule has 1 heterocycles. The molecule has 4 aliphatic carbocycles. The molecule has 166 valence electrons. The fourth-order valence-corrected chi connectivity index (χ4v) is 7.46. The number of hydrogen-bond donors (Lipinski definition) is 2. The molecular formula is C24H38N4O2. The first-order chi connectivity index (χ1) is 14.6. The highest BCUT2D eigenvalue weighted by Crippen LogP contribution is 2.58. The fraction of sp³-hybridized carbons (Fsp3) is 0.833. The first-order valence-electron chi connectivity index (χ1n) is 12.3. The minimum absolute atomic E-state index is 0.0538. The van der Waals surface area contributed by atoms with E-state index in [-0.39, 0.29) is 11.4 Å². The second kappa shape index (κ2) is 8.18. The van der Waals surface area contributed by atoms with Crippen molar-refractivity contribution in [3.8, 4) is 5.88 Å². The lowest BCUT2D eigenvalue weighted by Crippen LogP contribution is -2.60. The van der Waals surface area contributed by atoms with Crippen molar-refractivity contribution in [3.63, 3.8) is 0 Å². The standard InChI is InChI=1S/C24H38N4O2/c1-28-23(30-14-16-6-3-2-4-7-16)20(13-26-28)22(29)27-24(15-25)19-11-17-8-5-9-21(24)18(10-17)12-19/h13,16-19,21H,2-12,14-15,25H2,1H3,(H,27,29). The number of nitrogens with zero attached hydrogens (tertiary/aromatic N) is 2. The van der Waals surface area contributed by atoms with Gasteiger partial charge in [0.1, 0.15) is 5.56 Å². The van der Waals surface area contributed by atoms with Crippen molar-refractivity contribution in [1.29, 1.82) is 0 Å². The lowest BCUT2D eigenvalue weighted by Gasteiger charge is -2.42. The highest BCUT2D eigenvalue weighted by molar-refractivity contribution is 5.96. The molecule has 0 spiro atoms. The molecule has 5 rings (SSSR count). The Bertz CT molecular complexity index is 771. The van der Waals surface area contributed by atoms with Gasteiger partial charge in [-0.1, -0.05) is 32.1 Å². The quantitative estimate of drug-likeness (QED) is 0.744. The van der Waals surface area contributed by atoms with E-state index >= 15 is 0 Å². The maximum absolute atomic E-state index is 13.5. The molecule has 4 fully saturated rings. The van der Waals surface area contributed by atoms with Crippen LogP contribution in [0, 0.1) is 29.6 Å². The van der Waals surface area contributed by atoms with Crippen LogP contribution in [0.3, 0.4) is 0 Å². The molecule has 0 aliphatic heterocycles. The molecule has 6 heteroatoms. The molecule has 3 N–H and O–H groups in total. The molecule has 6 nitrogen and oxygen atoms in total. The van der Waals surface area contributed by atoms with Crippen LogP contribution < -0.4 is 15.8 Å². The van der Waals surface area contributed by atoms with Crippen LogP contribution in [0.15, 0.2) is 6.20 Å². The highest BCUT2D eigenvalue weighted by Gasteiger charge is 2.58. The third kappa shape index (κ3) is 3.45. The monoisotopic (exact) mass is 414 g/mol. The van der Waals surface area contributed by atoms with Gasteiger partial charge in [-0.3, -0.25) is 4.79 Å². The maximum atomic E-state index is 13.5. The maximum Gasteiger partial charge on any atom is 0.258 e. The van der Waals surface area contributed by atoms with Crippen molar-refractivity contribution in [2.75, 3.05) is 13.2 Å². The molecule has 0 saturated heterocycles. The molecule has 1 aromatic heterocycles. The molecule has 4 aliphatic rings. The summed E-state index contributed by atoms with van der Waals surface area (Å²) in [5, 5.41) is 7.83. The molecule has 30 heavy (non-hydrogen) atoms. The molecule has 1 amide bonds. The largest absolute Gasteiger partial charge is 0.477 e. The second-order valence-corrected chi connectivity index (χ2v) is 10.6. The Hall–Kier alpha value is -1.56. The smallest absolute Gasteiger partial charge is 0.258 e. The predicted molar refractivity (Wildman–Crippen MR) is 116 cm³/mol. The van der Waals surface area contributed by atoms with Crippen LogP contribution in [-0.4, -0.2) is 34.4 Å². The fourth-order valence-electron chi connectivity index (χ4n) is 7.46. The number of aryl methyl sites for hydroxylation is 1. The number of fused-ring (bicyclic) bond motifs is 2. The van der Waals surface area contributed by atoms with Crippen molar-refractivity contribution in [3.05, 3.63) is 11.8 Å². The van der Waals surface area contributed by atoms with Crippen LogP contribution in [0.25, 0.3) is 0 Å². The van der Waals surface area contributed by atoms with Gasteiger partial charge in [0.25, 0.3) is 5.91 Å². The summed E-state index contributed by atoms with van der Waals surface area (Å²) < 4.78 is 7.88. The second-order valence-electron chi connectivity index (χ2n) is 10.6. The highest BCUT2D eigenvalue weighted by atomic mass is 16.5. The number of nitrogens with two attached hydrogens (primary N) is 1. The van der Waals surface area contributed by atoms with Gasteiger partial charge in [0.2, 0.25) is 5.88 Å². The molecule has 0 aromatic carbocycles. The van der Waals surface area contributed by atoms with Crippen LogP contribution in [-0.2, 0) is 7.05 Å². The van der Waals surface area contributed by atoms with Crippen molar-refractivity contribution in [1.82, 2.24) is 15.1 Å². The summed E-state index contributed by atoms with van der Waals surface area (Å²) in [4.78, 5) is 13.5. The molecule has 5 atom stereocenters. The van der Waals surface area contributed by atoms with Gasteiger partial charge < -0.3 is 15.8 Å². The number of amides is 1. The van der Waals surface area contributed by atoms with Gasteiger partial charge in [0, 0.05) is 13.6 Å². The van der Waals surface area contributed by atoms with Crippen LogP contribution >= 0.6 is 0 Å². The number of carbonyl (C=O) groups is 1. The Morgan fingerprint density at radius 2 is 2.03 bits per heavy atom. The zero-order chi connectivity index (χ0) is 20.7. The summed E-state index contributed by atoms with van der Waals surface area (Å²) in [6, 6.07) is 0. The Kier molecular flexibility index (Phi) is 5.55. The van der Waals surface area contributed by atoms with Gasteiger partial charge in [-0.05, 0) is 68.1 Å². The van der Waals surface area contributed by atoms with Crippen molar-refractivity contribution in [2.24, 2.45) is 42.4 Å². The number of hydrogen-bond acceptors (Lipinski definition) is 4. The van der Waals surface area contributed by atoms with E-state index in [1.165, 1.54) is 70.6 Å². The Morgan fingerprint density at radius 3 is 2.83 bits per heavy atom. The normalized spacial score (nSPS) is 35.9. The summed E-state index contributed by atoms with van der Waals surface area (Å²) >= 11 is 0. The number of ether oxygens (including phenoxy) is 1. The number of rotatable bonds is 6. The third-order valence-electron chi connectivity index (χ3n) is 8.92. The van der Waals surface area contributed by atoms with Crippen LogP contribution in [0.4, 0.5) is 0 Å². The summed E-state index contributed by atoms with van der Waals surface area (Å²) in [7, 11) is 1.86. The Morgan fingerprint density at radius 1 is 1.20 bits per heavy atom. The first kappa shape index (κ1) is 20.3. The van der Waals surface area contributed by atoms with E-state index < -0.39 is 0 Å². The van der Waals surface area contributed by atoms with E-state index in [0.717, 1.165) is 11.8 Å². The van der Waals surface area contributed by atoms with E-state index in [9.17, 15) is 4.79 Å². The van der Waals surface area contributed by atoms with Crippen LogP contribution in [0.5, 0.6) is 5.88 Å². The first-order valence-corrected chi connectivity index (χ1v) is 12.3. The van der Waals surface area contributed by atoms with Gasteiger partial charge in [-0.15, -0.1) is 0 Å². The zero-order valence-corrected chi connectivity index (χ0v) is 18.4. The molecular weight excluding hydrogens is 376 g/mol. The van der Waals surface area contributed by atoms with Crippen molar-refractivity contribution in [2.45, 2.75) is 76.2 Å². The van der Waals surface area contributed by atoms with Crippen molar-refractivity contribution >= 4 is 5.91 Å². The lowest BCUT2D eigenvalue weighted by atomic mass is 9.73. The summed E-state index contributed by atoms with van der Waals surface area (Å²) in [5.74, 6) is 3.74. The van der Waals surface area contributed by atoms with E-state index in [1.807, 2.05) is 7.05 Å². The third-order valence-corrected chi connectivity index (χ3v) is 8.92. The van der Waals surface area contributed by atoms with Gasteiger partial charge in [-0.2, -0.15) is 5.10 Å². The molecule has 0 radical (unpaired) electrons. The number of aromatic nitrogens is 2. The summed E-state index contributed by atoms with van der Waals surface area (Å²) in [6.45, 7) is 1.21. The molecule has 3 bridgehead atoms. The van der Waals surface area contributed by atoms with Gasteiger partial charge in [-0.25, -0.2) is 4.68 Å². The zero-order valence-electron chi connectivity index (χ0n) is 18.4. The number of carbonyl (C=O) groups excluding carboxylic acids is 1. The minimum Gasteiger partial charge on any atom is -0.477 e. The number of nitrogens with one attached hydrogen (secondary N) is 1.